The van der Waals surface area contributed by atoms with Crippen LogP contribution in [0, 0.1) is 0 Å². The molecule has 276 valence electrons. The number of hydrogen-bond donors (Lipinski definition) is 0. The number of para-hydroxylation sites is 1. The van der Waals surface area contributed by atoms with Gasteiger partial charge in [0.15, 0.2) is 0 Å². The van der Waals surface area contributed by atoms with Gasteiger partial charge in [0.05, 0.1) is 5.41 Å². The zero-order chi connectivity index (χ0) is 38.9. The second-order valence-corrected chi connectivity index (χ2v) is 15.6. The van der Waals surface area contributed by atoms with E-state index in [2.05, 4.69) is 229 Å². The van der Waals surface area contributed by atoms with Crippen molar-refractivity contribution in [3.8, 4) is 44.9 Å². The molecule has 2 nitrogen and oxygen atoms in total. The molecule has 12 rings (SSSR count). The van der Waals surface area contributed by atoms with E-state index in [-0.39, 0.29) is 0 Å². The molecule has 2 aliphatic rings. The molecule has 1 heterocycles. The van der Waals surface area contributed by atoms with Crippen LogP contribution in [0.4, 0.5) is 17.1 Å². The predicted octanol–water partition coefficient (Wildman–Crippen LogP) is 15.3. The lowest BCUT2D eigenvalue weighted by Gasteiger charge is -2.40. The average Bonchev–Trinajstić information content (AvgIpc) is 3.60. The zero-order valence-electron chi connectivity index (χ0n) is 32.2. The summed E-state index contributed by atoms with van der Waals surface area (Å²) >= 11 is 0. The molecule has 0 radical (unpaired) electrons. The minimum Gasteiger partial charge on any atom is -0.455 e. The summed E-state index contributed by atoms with van der Waals surface area (Å²) in [5.41, 5.74) is 14.9. The zero-order valence-corrected chi connectivity index (χ0v) is 32.2. The fraction of sp³-hybridized carbons (Fsp3) is 0.0175. The third kappa shape index (κ3) is 5.06. The van der Waals surface area contributed by atoms with Gasteiger partial charge in [-0.05, 0) is 97.7 Å². The van der Waals surface area contributed by atoms with Crippen LogP contribution in [0.3, 0.4) is 0 Å². The lowest BCUT2D eigenvalue weighted by atomic mass is 9.65. The van der Waals surface area contributed by atoms with Gasteiger partial charge in [0.2, 0.25) is 0 Å². The van der Waals surface area contributed by atoms with Crippen molar-refractivity contribution in [2.75, 3.05) is 4.90 Å². The minimum atomic E-state index is -0.570. The van der Waals surface area contributed by atoms with E-state index in [0.717, 1.165) is 44.9 Å². The molecule has 0 saturated heterocycles. The smallest absolute Gasteiger partial charge is 0.140 e. The molecule has 1 aliphatic carbocycles. The third-order valence-electron chi connectivity index (χ3n) is 12.5. The van der Waals surface area contributed by atoms with Crippen LogP contribution in [0.2, 0.25) is 0 Å². The summed E-state index contributed by atoms with van der Waals surface area (Å²) in [6, 6.07) is 81.6. The summed E-state index contributed by atoms with van der Waals surface area (Å²) in [5, 5.41) is 4.59. The van der Waals surface area contributed by atoms with E-state index in [0.29, 0.717) is 0 Å². The van der Waals surface area contributed by atoms with Gasteiger partial charge in [-0.15, -0.1) is 0 Å². The van der Waals surface area contributed by atoms with E-state index in [9.17, 15) is 0 Å². The van der Waals surface area contributed by atoms with Crippen LogP contribution >= 0.6 is 0 Å². The summed E-state index contributed by atoms with van der Waals surface area (Å²) < 4.78 is 7.15. The summed E-state index contributed by atoms with van der Waals surface area (Å²) in [4.78, 5) is 2.35. The molecule has 0 unspecified atom stereocenters. The van der Waals surface area contributed by atoms with Gasteiger partial charge in [0.25, 0.3) is 0 Å². The number of nitrogens with zero attached hydrogens (tertiary/aromatic N) is 1. The van der Waals surface area contributed by atoms with Gasteiger partial charge in [0.1, 0.15) is 11.5 Å². The molecule has 10 aromatic rings. The van der Waals surface area contributed by atoms with Gasteiger partial charge >= 0.3 is 0 Å². The average molecular weight is 752 g/mol. The number of ether oxygens (including phenoxy) is 1. The van der Waals surface area contributed by atoms with E-state index in [1.807, 2.05) is 0 Å². The monoisotopic (exact) mass is 751 g/mol. The van der Waals surface area contributed by atoms with Gasteiger partial charge < -0.3 is 9.64 Å². The first kappa shape index (κ1) is 33.5. The van der Waals surface area contributed by atoms with Crippen molar-refractivity contribution in [2.45, 2.75) is 5.41 Å². The summed E-state index contributed by atoms with van der Waals surface area (Å²) in [5.74, 6) is 1.87. The molecule has 59 heavy (non-hydrogen) atoms. The molecule has 10 aromatic carbocycles. The molecule has 0 N–H and O–H groups in total. The topological polar surface area (TPSA) is 12.5 Å². The Balaban J connectivity index is 1.04. The first-order chi connectivity index (χ1) is 29.3. The fourth-order valence-electron chi connectivity index (χ4n) is 9.87. The molecule has 0 bridgehead atoms. The predicted molar refractivity (Wildman–Crippen MR) is 244 cm³/mol. The van der Waals surface area contributed by atoms with Crippen molar-refractivity contribution in [3.05, 3.63) is 247 Å². The normalized spacial score (nSPS) is 13.0. The van der Waals surface area contributed by atoms with Gasteiger partial charge in [0, 0.05) is 39.0 Å². The van der Waals surface area contributed by atoms with E-state index in [4.69, 9.17) is 4.74 Å². The van der Waals surface area contributed by atoms with Crippen LogP contribution in [-0.2, 0) is 5.41 Å². The Labute approximate surface area is 343 Å². The van der Waals surface area contributed by atoms with Crippen LogP contribution in [0.5, 0.6) is 11.5 Å². The van der Waals surface area contributed by atoms with E-state index in [1.165, 1.54) is 60.8 Å². The molecule has 0 atom stereocenters. The highest BCUT2D eigenvalue weighted by molar-refractivity contribution is 6.00. The standard InChI is InChI=1S/C57H37NO/c1-3-14-38(15-4-1)39-26-31-45(32-27-39)58(44-19-5-2-6-20-44)46-21-13-18-42(36-46)43-30-33-52-50(37-43)49-24-11-12-25-51(49)57(52)53-34-28-40-16-7-9-22-47(40)55(53)59-56-48-23-10-8-17-41(48)29-35-54(56)57/h1-37H. The van der Waals surface area contributed by atoms with E-state index in [1.54, 1.807) is 0 Å². The van der Waals surface area contributed by atoms with Gasteiger partial charge in [-0.2, -0.15) is 0 Å². The molecule has 0 amide bonds. The Bertz CT molecular complexity index is 3160. The number of fused-ring (bicyclic) bond motifs is 13. The molecule has 0 aromatic heterocycles. The maximum atomic E-state index is 7.15. The number of anilines is 3. The Hall–Kier alpha value is -7.68. The quantitative estimate of drug-likeness (QED) is 0.174. The second-order valence-electron chi connectivity index (χ2n) is 15.6. The van der Waals surface area contributed by atoms with Crippen molar-refractivity contribution in [3.63, 3.8) is 0 Å². The fourth-order valence-corrected chi connectivity index (χ4v) is 9.87. The van der Waals surface area contributed by atoms with E-state index < -0.39 is 5.41 Å². The molecule has 0 fully saturated rings. The molecular weight excluding hydrogens is 715 g/mol. The van der Waals surface area contributed by atoms with Crippen LogP contribution in [0.15, 0.2) is 224 Å². The maximum absolute atomic E-state index is 7.15. The molecule has 1 spiro atoms. The molecule has 0 saturated carbocycles. The van der Waals surface area contributed by atoms with Crippen molar-refractivity contribution in [2.24, 2.45) is 0 Å². The lowest BCUT2D eigenvalue weighted by Crippen LogP contribution is -2.32. The van der Waals surface area contributed by atoms with Crippen LogP contribution < -0.4 is 9.64 Å². The summed E-state index contributed by atoms with van der Waals surface area (Å²) in [6.07, 6.45) is 0. The van der Waals surface area contributed by atoms with E-state index >= 15 is 0 Å². The Kier molecular flexibility index (Phi) is 7.48. The summed E-state index contributed by atoms with van der Waals surface area (Å²) in [7, 11) is 0. The summed E-state index contributed by atoms with van der Waals surface area (Å²) in [6.45, 7) is 0. The highest BCUT2D eigenvalue weighted by atomic mass is 16.5. The third-order valence-corrected chi connectivity index (χ3v) is 12.5. The van der Waals surface area contributed by atoms with Crippen molar-refractivity contribution >= 4 is 38.6 Å². The number of rotatable bonds is 5. The minimum absolute atomic E-state index is 0.570. The Morgan fingerprint density at radius 1 is 0.305 bits per heavy atom. The first-order valence-electron chi connectivity index (χ1n) is 20.3. The Morgan fingerprint density at radius 3 is 1.51 bits per heavy atom. The number of hydrogen-bond acceptors (Lipinski definition) is 2. The van der Waals surface area contributed by atoms with Crippen molar-refractivity contribution in [1.82, 2.24) is 0 Å². The molecule has 1 aliphatic heterocycles. The second kappa shape index (κ2) is 13.2. The largest absolute Gasteiger partial charge is 0.455 e. The van der Waals surface area contributed by atoms with Gasteiger partial charge in [-0.3, -0.25) is 0 Å². The molecule has 2 heteroatoms. The van der Waals surface area contributed by atoms with Crippen molar-refractivity contribution < 1.29 is 4.74 Å². The number of benzene rings is 10. The van der Waals surface area contributed by atoms with Crippen molar-refractivity contribution in [1.29, 1.82) is 0 Å². The first-order valence-corrected chi connectivity index (χ1v) is 20.3. The van der Waals surface area contributed by atoms with Crippen LogP contribution in [-0.4, -0.2) is 0 Å². The van der Waals surface area contributed by atoms with Gasteiger partial charge in [-0.25, -0.2) is 0 Å². The lowest BCUT2D eigenvalue weighted by molar-refractivity contribution is 0.447. The SMILES string of the molecule is c1ccc(-c2ccc(N(c3ccccc3)c3cccc(-c4ccc5c(c4)-c4ccccc4C54c5ccc6ccccc6c5Oc5c4ccc4ccccc54)c3)cc2)cc1. The highest BCUT2D eigenvalue weighted by Gasteiger charge is 2.51. The van der Waals surface area contributed by atoms with Crippen LogP contribution in [0.1, 0.15) is 22.3 Å². The Morgan fingerprint density at radius 2 is 0.797 bits per heavy atom. The highest BCUT2D eigenvalue weighted by Crippen LogP contribution is 2.64. The molecular formula is C57H37NO. The maximum Gasteiger partial charge on any atom is 0.140 e. The van der Waals surface area contributed by atoms with Crippen LogP contribution in [0.25, 0.3) is 54.9 Å². The van der Waals surface area contributed by atoms with Gasteiger partial charge in [-0.1, -0.05) is 182 Å².